The number of hydrogen-bond donors (Lipinski definition) is 1. The quantitative estimate of drug-likeness (QED) is 0.607. The molecule has 0 radical (unpaired) electrons. The summed E-state index contributed by atoms with van der Waals surface area (Å²) in [4.78, 5) is 60.4. The van der Waals surface area contributed by atoms with Crippen LogP contribution < -0.4 is 10.2 Å². The highest BCUT2D eigenvalue weighted by molar-refractivity contribution is 6.05. The summed E-state index contributed by atoms with van der Waals surface area (Å²) < 4.78 is 0. The van der Waals surface area contributed by atoms with E-state index in [0.29, 0.717) is 24.6 Å². The van der Waals surface area contributed by atoms with Crippen LogP contribution in [-0.2, 0) is 16.1 Å². The van der Waals surface area contributed by atoms with E-state index in [1.54, 1.807) is 4.90 Å². The Bertz CT molecular complexity index is 1100. The third kappa shape index (κ3) is 4.86. The van der Waals surface area contributed by atoms with Crippen molar-refractivity contribution in [3.63, 3.8) is 0 Å². The van der Waals surface area contributed by atoms with Gasteiger partial charge in [-0.25, -0.2) is 4.79 Å². The van der Waals surface area contributed by atoms with Crippen molar-refractivity contribution >= 4 is 29.4 Å². The average molecular weight is 523 g/mol. The molecule has 38 heavy (non-hydrogen) atoms. The van der Waals surface area contributed by atoms with Crippen LogP contribution in [-0.4, -0.2) is 108 Å². The summed E-state index contributed by atoms with van der Waals surface area (Å²) in [5, 5.41) is 2.36. The summed E-state index contributed by atoms with van der Waals surface area (Å²) in [7, 11) is 0. The number of imide groups is 1. The number of nitrogens with one attached hydrogen (secondary N) is 1. The maximum atomic E-state index is 13.0. The van der Waals surface area contributed by atoms with Crippen molar-refractivity contribution in [1.29, 1.82) is 0 Å². The van der Waals surface area contributed by atoms with Gasteiger partial charge in [0.2, 0.25) is 11.8 Å². The Morgan fingerprint density at radius 2 is 1.53 bits per heavy atom. The highest BCUT2D eigenvalue weighted by Gasteiger charge is 2.39. The second kappa shape index (κ2) is 10.6. The third-order valence-corrected chi connectivity index (χ3v) is 9.06. The molecule has 0 aromatic heterocycles. The van der Waals surface area contributed by atoms with Gasteiger partial charge in [-0.3, -0.25) is 24.6 Å². The van der Waals surface area contributed by atoms with Crippen molar-refractivity contribution in [1.82, 2.24) is 24.9 Å². The van der Waals surface area contributed by atoms with Crippen LogP contribution in [0.4, 0.5) is 10.5 Å². The molecule has 1 aromatic carbocycles. The fourth-order valence-corrected chi connectivity index (χ4v) is 6.81. The van der Waals surface area contributed by atoms with Gasteiger partial charge in [-0.2, -0.15) is 0 Å². The zero-order valence-corrected chi connectivity index (χ0v) is 22.1. The molecule has 10 heteroatoms. The summed E-state index contributed by atoms with van der Waals surface area (Å²) in [6.07, 6.45) is 6.22. The lowest BCUT2D eigenvalue weighted by Gasteiger charge is -2.44. The first-order valence-electron chi connectivity index (χ1n) is 14.3. The summed E-state index contributed by atoms with van der Waals surface area (Å²) >= 11 is 0. The molecule has 4 saturated heterocycles. The van der Waals surface area contributed by atoms with Gasteiger partial charge in [0, 0.05) is 82.6 Å². The molecular weight excluding hydrogens is 484 g/mol. The molecule has 5 aliphatic heterocycles. The van der Waals surface area contributed by atoms with Crippen molar-refractivity contribution in [2.45, 2.75) is 63.6 Å². The van der Waals surface area contributed by atoms with E-state index in [1.807, 2.05) is 17.0 Å². The number of likely N-dealkylation sites (tertiary alicyclic amines) is 2. The molecule has 0 bridgehead atoms. The predicted molar refractivity (Wildman–Crippen MR) is 142 cm³/mol. The van der Waals surface area contributed by atoms with Crippen LogP contribution in [0.5, 0.6) is 0 Å². The molecule has 204 valence electrons. The zero-order valence-electron chi connectivity index (χ0n) is 22.1. The van der Waals surface area contributed by atoms with Gasteiger partial charge in [0.25, 0.3) is 5.91 Å². The van der Waals surface area contributed by atoms with E-state index in [-0.39, 0.29) is 30.2 Å². The van der Waals surface area contributed by atoms with Gasteiger partial charge in [0.1, 0.15) is 6.04 Å². The number of piperidine rings is 3. The van der Waals surface area contributed by atoms with Crippen LogP contribution in [0.3, 0.4) is 0 Å². The normalized spacial score (nSPS) is 25.6. The first-order chi connectivity index (χ1) is 18.5. The van der Waals surface area contributed by atoms with Crippen LogP contribution in [0.2, 0.25) is 0 Å². The summed E-state index contributed by atoms with van der Waals surface area (Å²) in [5.74, 6) is -0.773. The van der Waals surface area contributed by atoms with Gasteiger partial charge < -0.3 is 19.6 Å². The molecule has 0 spiro atoms. The molecule has 5 aliphatic rings. The number of amides is 5. The topological polar surface area (TPSA) is 96.5 Å². The summed E-state index contributed by atoms with van der Waals surface area (Å²) in [6, 6.07) is 6.19. The highest BCUT2D eigenvalue weighted by Crippen LogP contribution is 2.31. The molecule has 6 rings (SSSR count). The van der Waals surface area contributed by atoms with E-state index in [1.165, 1.54) is 6.42 Å². The minimum atomic E-state index is -0.582. The Hall–Kier alpha value is -3.14. The first kappa shape index (κ1) is 25.2. The van der Waals surface area contributed by atoms with Crippen molar-refractivity contribution in [2.24, 2.45) is 0 Å². The molecule has 1 N–H and O–H groups in total. The molecule has 1 atom stereocenters. The van der Waals surface area contributed by atoms with Gasteiger partial charge in [-0.1, -0.05) is 0 Å². The molecule has 4 fully saturated rings. The Morgan fingerprint density at radius 1 is 0.816 bits per heavy atom. The van der Waals surface area contributed by atoms with E-state index in [0.717, 1.165) is 89.3 Å². The number of piperazine rings is 1. The number of carbonyl (C=O) groups is 4. The van der Waals surface area contributed by atoms with Crippen molar-refractivity contribution < 1.29 is 19.2 Å². The first-order valence-corrected chi connectivity index (χ1v) is 14.3. The van der Waals surface area contributed by atoms with Crippen LogP contribution in [0.25, 0.3) is 0 Å². The number of urea groups is 1. The van der Waals surface area contributed by atoms with Gasteiger partial charge in [-0.15, -0.1) is 0 Å². The molecular formula is C28H38N6O4. The third-order valence-electron chi connectivity index (χ3n) is 9.06. The minimum absolute atomic E-state index is 0.129. The lowest BCUT2D eigenvalue weighted by atomic mass is 10.0. The van der Waals surface area contributed by atoms with E-state index in [4.69, 9.17) is 0 Å². The number of carbonyl (C=O) groups excluding carboxylic acids is 4. The van der Waals surface area contributed by atoms with E-state index in [2.05, 4.69) is 26.1 Å². The fraction of sp³-hybridized carbons (Fsp3) is 0.643. The predicted octanol–water partition coefficient (Wildman–Crippen LogP) is 1.64. The Labute approximate surface area is 223 Å². The number of anilines is 1. The molecule has 5 amide bonds. The van der Waals surface area contributed by atoms with Gasteiger partial charge >= 0.3 is 6.03 Å². The Morgan fingerprint density at radius 3 is 2.24 bits per heavy atom. The largest absolute Gasteiger partial charge is 0.369 e. The summed E-state index contributed by atoms with van der Waals surface area (Å²) in [5.41, 5.74) is 2.72. The van der Waals surface area contributed by atoms with Crippen LogP contribution in [0, 0.1) is 0 Å². The molecule has 0 aliphatic carbocycles. The average Bonchev–Trinajstić information content (AvgIpc) is 3.28. The van der Waals surface area contributed by atoms with E-state index >= 15 is 0 Å². The van der Waals surface area contributed by atoms with Crippen molar-refractivity contribution in [3.8, 4) is 0 Å². The second-order valence-electron chi connectivity index (χ2n) is 11.3. The lowest BCUT2D eigenvalue weighted by Crippen LogP contribution is -2.55. The van der Waals surface area contributed by atoms with Crippen LogP contribution >= 0.6 is 0 Å². The van der Waals surface area contributed by atoms with E-state index in [9.17, 15) is 19.2 Å². The number of hydrogen-bond acceptors (Lipinski definition) is 6. The van der Waals surface area contributed by atoms with E-state index < -0.39 is 6.04 Å². The number of fused-ring (bicyclic) bond motifs is 1. The summed E-state index contributed by atoms with van der Waals surface area (Å²) in [6.45, 7) is 7.76. The molecule has 0 saturated carbocycles. The maximum Gasteiger partial charge on any atom is 0.319 e. The number of nitrogens with zero attached hydrogens (tertiary/aromatic N) is 5. The number of rotatable bonds is 3. The molecule has 1 aromatic rings. The highest BCUT2D eigenvalue weighted by atomic mass is 16.2. The molecule has 10 nitrogen and oxygen atoms in total. The standard InChI is InChI=1S/C28H38N6O4/c35-25-7-6-24(26(36)29-25)34-19-20-18-22(4-5-23(20)27(34)37)31-16-14-30(15-17-31)21-8-12-33(13-9-21)28(38)32-10-2-1-3-11-32/h4-5,18,21,24H,1-3,6-17,19H2,(H,29,35,36). The molecule has 1 unspecified atom stereocenters. The monoisotopic (exact) mass is 522 g/mol. The molecule has 5 heterocycles. The zero-order chi connectivity index (χ0) is 26.2. The van der Waals surface area contributed by atoms with Gasteiger partial charge in [-0.05, 0) is 62.3 Å². The SMILES string of the molecule is O=C1CCC(N2Cc3cc(N4CCN(C5CCN(C(=O)N6CCCCC6)CC5)CC4)ccc3C2=O)C(=O)N1. The van der Waals surface area contributed by atoms with Gasteiger partial charge in [0.15, 0.2) is 0 Å². The van der Waals surface area contributed by atoms with Gasteiger partial charge in [0.05, 0.1) is 0 Å². The smallest absolute Gasteiger partial charge is 0.319 e. The fourth-order valence-electron chi connectivity index (χ4n) is 6.81. The Balaban J connectivity index is 1.01. The second-order valence-corrected chi connectivity index (χ2v) is 11.3. The Kier molecular flexibility index (Phi) is 6.99. The number of benzene rings is 1. The maximum absolute atomic E-state index is 13.0. The minimum Gasteiger partial charge on any atom is -0.369 e. The van der Waals surface area contributed by atoms with Crippen LogP contribution in [0.15, 0.2) is 18.2 Å². The van der Waals surface area contributed by atoms with Crippen molar-refractivity contribution in [2.75, 3.05) is 57.3 Å². The van der Waals surface area contributed by atoms with Crippen LogP contribution in [0.1, 0.15) is 60.9 Å². The lowest BCUT2D eigenvalue weighted by molar-refractivity contribution is -0.136. The van der Waals surface area contributed by atoms with Crippen molar-refractivity contribution in [3.05, 3.63) is 29.3 Å².